The number of hydrogen-bond donors (Lipinski definition) is 0. The third-order valence-electron chi connectivity index (χ3n) is 2.94. The Morgan fingerprint density at radius 2 is 1.78 bits per heavy atom. The molecule has 23 heavy (non-hydrogen) atoms. The summed E-state index contributed by atoms with van der Waals surface area (Å²) in [6, 6.07) is 12.3. The van der Waals surface area contributed by atoms with Crippen molar-refractivity contribution in [3.8, 4) is 17.4 Å². The Bertz CT molecular complexity index is 828. The van der Waals surface area contributed by atoms with Crippen LogP contribution in [0.15, 0.2) is 48.7 Å². The van der Waals surface area contributed by atoms with E-state index in [9.17, 15) is 0 Å². The van der Waals surface area contributed by atoms with Crippen LogP contribution in [0.5, 0.6) is 5.88 Å². The van der Waals surface area contributed by atoms with E-state index >= 15 is 0 Å². The lowest BCUT2D eigenvalue weighted by molar-refractivity contribution is 0.293. The average Bonchev–Trinajstić information content (AvgIpc) is 2.56. The molecular formula is C16H10Cl3N3O. The fourth-order valence-electron chi connectivity index (χ4n) is 1.87. The summed E-state index contributed by atoms with van der Waals surface area (Å²) >= 11 is 17.9. The maximum Gasteiger partial charge on any atom is 0.218 e. The van der Waals surface area contributed by atoms with E-state index in [2.05, 4.69) is 15.0 Å². The van der Waals surface area contributed by atoms with Crippen molar-refractivity contribution in [1.82, 2.24) is 15.0 Å². The van der Waals surface area contributed by atoms with Gasteiger partial charge in [0.1, 0.15) is 17.5 Å². The lowest BCUT2D eigenvalue weighted by Gasteiger charge is -2.08. The summed E-state index contributed by atoms with van der Waals surface area (Å²) in [5.41, 5.74) is 1.49. The number of ether oxygens (including phenoxy) is 1. The van der Waals surface area contributed by atoms with Crippen molar-refractivity contribution in [1.29, 1.82) is 0 Å². The molecule has 3 aromatic rings. The monoisotopic (exact) mass is 365 g/mol. The minimum Gasteiger partial charge on any atom is -0.473 e. The molecule has 1 aromatic carbocycles. The van der Waals surface area contributed by atoms with Crippen LogP contribution in [0, 0.1) is 0 Å². The van der Waals surface area contributed by atoms with Crippen LogP contribution < -0.4 is 4.74 Å². The molecule has 0 aliphatic carbocycles. The highest BCUT2D eigenvalue weighted by atomic mass is 35.5. The van der Waals surface area contributed by atoms with Gasteiger partial charge in [-0.15, -0.1) is 0 Å². The number of pyridine rings is 1. The highest BCUT2D eigenvalue weighted by Crippen LogP contribution is 2.24. The highest BCUT2D eigenvalue weighted by Gasteiger charge is 2.08. The number of aromatic nitrogens is 3. The predicted octanol–water partition coefficient (Wildman–Crippen LogP) is 5.08. The van der Waals surface area contributed by atoms with Crippen LogP contribution in [0.25, 0.3) is 11.5 Å². The summed E-state index contributed by atoms with van der Waals surface area (Å²) in [5.74, 6) is 0.763. The Balaban J connectivity index is 1.80. The largest absolute Gasteiger partial charge is 0.473 e. The second kappa shape index (κ2) is 7.13. The van der Waals surface area contributed by atoms with Gasteiger partial charge in [-0.25, -0.2) is 4.98 Å². The van der Waals surface area contributed by atoms with Crippen LogP contribution in [0.3, 0.4) is 0 Å². The smallest absolute Gasteiger partial charge is 0.218 e. The van der Waals surface area contributed by atoms with Gasteiger partial charge in [-0.2, -0.15) is 4.98 Å². The van der Waals surface area contributed by atoms with E-state index < -0.39 is 0 Å². The lowest BCUT2D eigenvalue weighted by Crippen LogP contribution is -2.00. The van der Waals surface area contributed by atoms with Gasteiger partial charge in [0, 0.05) is 12.3 Å². The Hall–Kier alpha value is -1.88. The Morgan fingerprint density at radius 1 is 0.913 bits per heavy atom. The van der Waals surface area contributed by atoms with E-state index in [-0.39, 0.29) is 11.8 Å². The van der Waals surface area contributed by atoms with Gasteiger partial charge < -0.3 is 4.74 Å². The zero-order valence-corrected chi connectivity index (χ0v) is 14.0. The third-order valence-corrected chi connectivity index (χ3v) is 3.87. The van der Waals surface area contributed by atoms with Gasteiger partial charge >= 0.3 is 0 Å². The van der Waals surface area contributed by atoms with Crippen molar-refractivity contribution in [2.75, 3.05) is 0 Å². The van der Waals surface area contributed by atoms with E-state index in [4.69, 9.17) is 39.5 Å². The lowest BCUT2D eigenvalue weighted by atomic mass is 10.2. The highest BCUT2D eigenvalue weighted by molar-refractivity contribution is 6.42. The number of hydrogen-bond acceptors (Lipinski definition) is 4. The first kappa shape index (κ1) is 16.0. The van der Waals surface area contributed by atoms with Crippen LogP contribution in [-0.2, 0) is 6.61 Å². The second-order valence-electron chi connectivity index (χ2n) is 4.60. The van der Waals surface area contributed by atoms with Gasteiger partial charge in [-0.3, -0.25) is 4.98 Å². The third kappa shape index (κ3) is 4.10. The second-order valence-corrected chi connectivity index (χ2v) is 5.81. The van der Waals surface area contributed by atoms with Crippen LogP contribution in [0.1, 0.15) is 5.56 Å². The molecule has 0 aliphatic rings. The molecule has 0 bridgehead atoms. The number of nitrogens with zero attached hydrogens (tertiary/aromatic N) is 3. The van der Waals surface area contributed by atoms with Crippen LogP contribution in [0.4, 0.5) is 0 Å². The molecule has 4 nitrogen and oxygen atoms in total. The molecule has 0 amide bonds. The van der Waals surface area contributed by atoms with Gasteiger partial charge in [0.2, 0.25) is 5.88 Å². The van der Waals surface area contributed by atoms with Crippen molar-refractivity contribution in [2.24, 2.45) is 0 Å². The molecule has 0 unspecified atom stereocenters. The molecule has 116 valence electrons. The van der Waals surface area contributed by atoms with Gasteiger partial charge in [-0.1, -0.05) is 46.9 Å². The molecular weight excluding hydrogens is 357 g/mol. The molecule has 7 heteroatoms. The van der Waals surface area contributed by atoms with Gasteiger partial charge in [-0.05, 0) is 29.8 Å². The maximum absolute atomic E-state index is 6.03. The predicted molar refractivity (Wildman–Crippen MR) is 91.1 cm³/mol. The minimum absolute atomic E-state index is 0.282. The summed E-state index contributed by atoms with van der Waals surface area (Å²) < 4.78 is 5.66. The van der Waals surface area contributed by atoms with E-state index in [1.165, 1.54) is 0 Å². The molecule has 0 N–H and O–H groups in total. The normalized spacial score (nSPS) is 10.6. The average molecular weight is 367 g/mol. The zero-order valence-electron chi connectivity index (χ0n) is 11.7. The summed E-state index contributed by atoms with van der Waals surface area (Å²) in [5, 5.41) is 1.25. The van der Waals surface area contributed by atoms with Crippen LogP contribution in [-0.4, -0.2) is 15.0 Å². The van der Waals surface area contributed by atoms with Gasteiger partial charge in [0.05, 0.1) is 10.0 Å². The van der Waals surface area contributed by atoms with E-state index in [0.717, 1.165) is 5.56 Å². The number of halogens is 3. The molecule has 2 heterocycles. The van der Waals surface area contributed by atoms with Crippen LogP contribution in [0.2, 0.25) is 15.2 Å². The van der Waals surface area contributed by atoms with Crippen molar-refractivity contribution in [3.05, 3.63) is 69.4 Å². The SMILES string of the molecule is Clc1cc(OCc2ccc(Cl)c(Cl)c2)nc(-c2ccccn2)n1. The van der Waals surface area contributed by atoms with Crippen LogP contribution >= 0.6 is 34.8 Å². The standard InChI is InChI=1S/C16H10Cl3N3O/c17-11-5-4-10(7-12(11)18)9-23-15-8-14(19)21-16(22-15)13-3-1-2-6-20-13/h1-8H,9H2. The summed E-state index contributed by atoms with van der Waals surface area (Å²) in [6.45, 7) is 0.284. The molecule has 0 spiro atoms. The molecule has 3 rings (SSSR count). The summed E-state index contributed by atoms with van der Waals surface area (Å²) in [6.07, 6.45) is 1.66. The quantitative estimate of drug-likeness (QED) is 0.604. The molecule has 0 atom stereocenters. The number of benzene rings is 1. The number of rotatable bonds is 4. The molecule has 0 saturated heterocycles. The molecule has 2 aromatic heterocycles. The zero-order chi connectivity index (χ0) is 16.2. The fourth-order valence-corrected chi connectivity index (χ4v) is 2.36. The Kier molecular flexibility index (Phi) is 4.96. The Labute approximate surface area is 148 Å². The fraction of sp³-hybridized carbons (Fsp3) is 0.0625. The van der Waals surface area contributed by atoms with Crippen molar-refractivity contribution >= 4 is 34.8 Å². The minimum atomic E-state index is 0.282. The van der Waals surface area contributed by atoms with E-state index in [1.54, 1.807) is 30.5 Å². The summed E-state index contributed by atoms with van der Waals surface area (Å²) in [4.78, 5) is 12.7. The first-order valence-electron chi connectivity index (χ1n) is 6.64. The Morgan fingerprint density at radius 3 is 2.52 bits per heavy atom. The molecule has 0 fully saturated rings. The van der Waals surface area contributed by atoms with Crippen molar-refractivity contribution in [2.45, 2.75) is 6.61 Å². The summed E-state index contributed by atoms with van der Waals surface area (Å²) in [7, 11) is 0. The topological polar surface area (TPSA) is 47.9 Å². The van der Waals surface area contributed by atoms with Crippen molar-refractivity contribution < 1.29 is 4.74 Å². The maximum atomic E-state index is 6.03. The molecule has 0 saturated carbocycles. The molecule has 0 aliphatic heterocycles. The van der Waals surface area contributed by atoms with Gasteiger partial charge in [0.25, 0.3) is 0 Å². The van der Waals surface area contributed by atoms with Crippen molar-refractivity contribution in [3.63, 3.8) is 0 Å². The molecule has 0 radical (unpaired) electrons. The first-order chi connectivity index (χ1) is 11.1. The first-order valence-corrected chi connectivity index (χ1v) is 7.78. The van der Waals surface area contributed by atoms with E-state index in [1.807, 2.05) is 18.2 Å². The van der Waals surface area contributed by atoms with Gasteiger partial charge in [0.15, 0.2) is 5.82 Å². The van der Waals surface area contributed by atoms with E-state index in [0.29, 0.717) is 27.4 Å².